The standard InChI is InChI=1S/C15H17N5O2S/c1-9(2)22-11-6-4-10(5-7-11)8-12-13(21)19(3)14-16-17-15(23)20(14)18-12/h4-7,9H,8H2,1-3H3,(H,17,23). The molecule has 0 bridgehead atoms. The lowest BCUT2D eigenvalue weighted by Crippen LogP contribution is -2.26. The highest BCUT2D eigenvalue weighted by Crippen LogP contribution is 2.15. The Morgan fingerprint density at radius 3 is 2.65 bits per heavy atom. The summed E-state index contributed by atoms with van der Waals surface area (Å²) in [6, 6.07) is 7.64. The third kappa shape index (κ3) is 3.02. The summed E-state index contributed by atoms with van der Waals surface area (Å²) in [5, 5.41) is 10.9. The summed E-state index contributed by atoms with van der Waals surface area (Å²) < 4.78 is 8.87. The fourth-order valence-electron chi connectivity index (χ4n) is 2.30. The van der Waals surface area contributed by atoms with E-state index in [1.165, 1.54) is 9.08 Å². The number of aromatic nitrogens is 5. The Labute approximate surface area is 137 Å². The Balaban J connectivity index is 1.95. The van der Waals surface area contributed by atoms with E-state index in [4.69, 9.17) is 17.0 Å². The summed E-state index contributed by atoms with van der Waals surface area (Å²) in [6.45, 7) is 3.95. The fourth-order valence-corrected chi connectivity index (χ4v) is 2.47. The van der Waals surface area contributed by atoms with Gasteiger partial charge in [-0.05, 0) is 43.8 Å². The number of rotatable bonds is 4. The number of ether oxygens (including phenoxy) is 1. The molecule has 0 atom stereocenters. The van der Waals surface area contributed by atoms with E-state index >= 15 is 0 Å². The maximum Gasteiger partial charge on any atom is 0.276 e. The van der Waals surface area contributed by atoms with Crippen LogP contribution in [-0.4, -0.2) is 30.5 Å². The van der Waals surface area contributed by atoms with Crippen molar-refractivity contribution in [3.8, 4) is 5.75 Å². The van der Waals surface area contributed by atoms with Gasteiger partial charge in [-0.1, -0.05) is 12.1 Å². The minimum Gasteiger partial charge on any atom is -0.491 e. The van der Waals surface area contributed by atoms with Gasteiger partial charge in [-0.25, -0.2) is 5.10 Å². The summed E-state index contributed by atoms with van der Waals surface area (Å²) >= 11 is 5.12. The molecular weight excluding hydrogens is 314 g/mol. The van der Waals surface area contributed by atoms with Crippen LogP contribution in [0.15, 0.2) is 29.1 Å². The van der Waals surface area contributed by atoms with Gasteiger partial charge in [0, 0.05) is 13.5 Å². The van der Waals surface area contributed by atoms with E-state index in [9.17, 15) is 4.79 Å². The maximum absolute atomic E-state index is 12.4. The Morgan fingerprint density at radius 1 is 1.30 bits per heavy atom. The SMILES string of the molecule is CC(C)Oc1ccc(Cc2nn3c(=S)[nH]nc3n(C)c2=O)cc1. The molecule has 8 heteroatoms. The molecule has 0 fully saturated rings. The van der Waals surface area contributed by atoms with Crippen molar-refractivity contribution >= 4 is 18.0 Å². The van der Waals surface area contributed by atoms with Gasteiger partial charge >= 0.3 is 0 Å². The molecule has 1 N–H and O–H groups in total. The summed E-state index contributed by atoms with van der Waals surface area (Å²) in [5.41, 5.74) is 1.20. The summed E-state index contributed by atoms with van der Waals surface area (Å²) in [6.07, 6.45) is 0.539. The van der Waals surface area contributed by atoms with Gasteiger partial charge in [0.1, 0.15) is 11.4 Å². The molecule has 23 heavy (non-hydrogen) atoms. The van der Waals surface area contributed by atoms with Crippen molar-refractivity contribution in [2.24, 2.45) is 7.05 Å². The first-order valence-corrected chi connectivity index (χ1v) is 7.65. The molecule has 0 unspecified atom stereocenters. The third-order valence-electron chi connectivity index (χ3n) is 3.37. The summed E-state index contributed by atoms with van der Waals surface area (Å²) in [7, 11) is 1.65. The van der Waals surface area contributed by atoms with Crippen LogP contribution in [0.2, 0.25) is 0 Å². The van der Waals surface area contributed by atoms with Gasteiger partial charge in [0.25, 0.3) is 11.3 Å². The number of hydrogen-bond donors (Lipinski definition) is 1. The van der Waals surface area contributed by atoms with E-state index < -0.39 is 0 Å². The number of hydrogen-bond acceptors (Lipinski definition) is 5. The number of benzene rings is 1. The van der Waals surface area contributed by atoms with Gasteiger partial charge in [-0.3, -0.25) is 9.36 Å². The molecule has 0 amide bonds. The van der Waals surface area contributed by atoms with E-state index in [2.05, 4.69) is 15.3 Å². The van der Waals surface area contributed by atoms with Gasteiger partial charge in [0.05, 0.1) is 6.10 Å². The zero-order valence-corrected chi connectivity index (χ0v) is 13.9. The van der Waals surface area contributed by atoms with Crippen molar-refractivity contribution in [2.75, 3.05) is 0 Å². The number of nitrogens with zero attached hydrogens (tertiary/aromatic N) is 4. The van der Waals surface area contributed by atoms with Crippen molar-refractivity contribution in [1.29, 1.82) is 0 Å². The summed E-state index contributed by atoms with van der Waals surface area (Å²) in [4.78, 5) is 12.4. The number of H-pyrrole nitrogens is 1. The van der Waals surface area contributed by atoms with E-state index in [0.29, 0.717) is 22.7 Å². The molecular formula is C15H17N5O2S. The summed E-state index contributed by atoms with van der Waals surface area (Å²) in [5.74, 6) is 1.20. The molecule has 0 saturated heterocycles. The van der Waals surface area contributed by atoms with Crippen LogP contribution in [-0.2, 0) is 13.5 Å². The zero-order valence-electron chi connectivity index (χ0n) is 13.1. The van der Waals surface area contributed by atoms with Crippen LogP contribution in [0.1, 0.15) is 25.1 Å². The van der Waals surface area contributed by atoms with E-state index in [0.717, 1.165) is 11.3 Å². The second-order valence-electron chi connectivity index (χ2n) is 5.54. The molecule has 1 aromatic carbocycles. The minimum absolute atomic E-state index is 0.125. The monoisotopic (exact) mass is 331 g/mol. The molecule has 3 rings (SSSR count). The predicted octanol–water partition coefficient (Wildman–Crippen LogP) is 1.86. The van der Waals surface area contributed by atoms with E-state index in [-0.39, 0.29) is 11.7 Å². The Kier molecular flexibility index (Phi) is 3.99. The number of fused-ring (bicyclic) bond motifs is 1. The first-order chi connectivity index (χ1) is 11.0. The number of aryl methyl sites for hydroxylation is 1. The molecule has 0 spiro atoms. The largest absolute Gasteiger partial charge is 0.491 e. The number of nitrogens with one attached hydrogen (secondary N) is 1. The molecule has 0 aliphatic carbocycles. The Bertz CT molecular complexity index is 953. The molecule has 120 valence electrons. The van der Waals surface area contributed by atoms with Crippen molar-refractivity contribution < 1.29 is 4.74 Å². The van der Waals surface area contributed by atoms with Crippen LogP contribution in [0.5, 0.6) is 5.75 Å². The van der Waals surface area contributed by atoms with Crippen LogP contribution < -0.4 is 10.3 Å². The highest BCUT2D eigenvalue weighted by molar-refractivity contribution is 7.71. The van der Waals surface area contributed by atoms with Gasteiger partial charge in [0.2, 0.25) is 4.77 Å². The number of aromatic amines is 1. The van der Waals surface area contributed by atoms with Crippen molar-refractivity contribution in [3.05, 3.63) is 50.6 Å². The smallest absolute Gasteiger partial charge is 0.276 e. The van der Waals surface area contributed by atoms with Crippen LogP contribution in [0, 0.1) is 4.77 Å². The lowest BCUT2D eigenvalue weighted by Gasteiger charge is -2.10. The molecule has 0 radical (unpaired) electrons. The lowest BCUT2D eigenvalue weighted by atomic mass is 10.1. The van der Waals surface area contributed by atoms with Crippen LogP contribution in [0.3, 0.4) is 0 Å². The average molecular weight is 331 g/mol. The average Bonchev–Trinajstić information content (AvgIpc) is 2.87. The van der Waals surface area contributed by atoms with Gasteiger partial charge in [0.15, 0.2) is 0 Å². The predicted molar refractivity (Wildman–Crippen MR) is 88.4 cm³/mol. The molecule has 3 aromatic rings. The van der Waals surface area contributed by atoms with Crippen molar-refractivity contribution in [1.82, 2.24) is 24.4 Å². The Morgan fingerprint density at radius 2 is 2.00 bits per heavy atom. The van der Waals surface area contributed by atoms with Gasteiger partial charge in [-0.2, -0.15) is 9.61 Å². The Hall–Kier alpha value is -2.48. The molecule has 2 heterocycles. The first kappa shape index (κ1) is 15.4. The van der Waals surface area contributed by atoms with E-state index in [1.807, 2.05) is 38.1 Å². The zero-order chi connectivity index (χ0) is 16.6. The van der Waals surface area contributed by atoms with Crippen molar-refractivity contribution in [2.45, 2.75) is 26.4 Å². The molecule has 2 aromatic heterocycles. The molecule has 0 aliphatic rings. The first-order valence-electron chi connectivity index (χ1n) is 7.24. The van der Waals surface area contributed by atoms with Gasteiger partial charge < -0.3 is 4.74 Å². The topological polar surface area (TPSA) is 77.2 Å². The van der Waals surface area contributed by atoms with E-state index in [1.54, 1.807) is 7.05 Å². The second-order valence-corrected chi connectivity index (χ2v) is 5.93. The molecule has 0 saturated carbocycles. The van der Waals surface area contributed by atoms with Crippen LogP contribution in [0.25, 0.3) is 5.78 Å². The molecule has 0 aliphatic heterocycles. The van der Waals surface area contributed by atoms with Crippen molar-refractivity contribution in [3.63, 3.8) is 0 Å². The van der Waals surface area contributed by atoms with Crippen LogP contribution in [0.4, 0.5) is 0 Å². The normalized spacial score (nSPS) is 11.3. The maximum atomic E-state index is 12.4. The lowest BCUT2D eigenvalue weighted by molar-refractivity contribution is 0.242. The second kappa shape index (κ2) is 5.96. The highest BCUT2D eigenvalue weighted by Gasteiger charge is 2.11. The highest BCUT2D eigenvalue weighted by atomic mass is 32.1. The van der Waals surface area contributed by atoms with Crippen LogP contribution >= 0.6 is 12.2 Å². The minimum atomic E-state index is -0.186. The third-order valence-corrected chi connectivity index (χ3v) is 3.64. The quantitative estimate of drug-likeness (QED) is 0.739. The fraction of sp³-hybridized carbons (Fsp3) is 0.333. The van der Waals surface area contributed by atoms with Gasteiger partial charge in [-0.15, -0.1) is 5.10 Å². The molecule has 7 nitrogen and oxygen atoms in total.